The number of rotatable bonds is 2. The van der Waals surface area contributed by atoms with E-state index < -0.39 is 8.56 Å². The zero-order valence-corrected chi connectivity index (χ0v) is 13.5. The summed E-state index contributed by atoms with van der Waals surface area (Å²) in [5, 5.41) is 5.47. The average molecular weight is 316 g/mol. The fourth-order valence-corrected chi connectivity index (χ4v) is 5.06. The predicted octanol–water partition coefficient (Wildman–Crippen LogP) is 2.53. The molecule has 4 aromatic rings. The summed E-state index contributed by atoms with van der Waals surface area (Å²) in [6.07, 6.45) is 0. The molecule has 23 heavy (non-hydrogen) atoms. The van der Waals surface area contributed by atoms with Gasteiger partial charge in [0.05, 0.1) is 0 Å². The molecule has 0 fully saturated rings. The van der Waals surface area contributed by atoms with Crippen LogP contribution in [0, 0.1) is 0 Å². The summed E-state index contributed by atoms with van der Waals surface area (Å²) in [7, 11) is -3.71. The number of hydrogen-bond acceptors (Lipinski definition) is 2. The molecule has 0 aliphatic carbocycles. The molecular formula is C20H16O2Si. The molecule has 0 heterocycles. The quantitative estimate of drug-likeness (QED) is 0.441. The van der Waals surface area contributed by atoms with Crippen molar-refractivity contribution in [2.24, 2.45) is 0 Å². The normalized spacial score (nSPS) is 11.9. The molecule has 0 unspecified atom stereocenters. The van der Waals surface area contributed by atoms with E-state index in [-0.39, 0.29) is 0 Å². The Morgan fingerprint density at radius 3 is 2.04 bits per heavy atom. The highest BCUT2D eigenvalue weighted by atomic mass is 28.4. The maximum Gasteiger partial charge on any atom is 0.402 e. The van der Waals surface area contributed by atoms with Crippen molar-refractivity contribution in [1.82, 2.24) is 0 Å². The van der Waals surface area contributed by atoms with Gasteiger partial charge in [-0.3, -0.25) is 0 Å². The van der Waals surface area contributed by atoms with E-state index in [1.165, 1.54) is 0 Å². The third-order valence-corrected chi connectivity index (χ3v) is 6.66. The van der Waals surface area contributed by atoms with Gasteiger partial charge < -0.3 is 9.59 Å². The Morgan fingerprint density at radius 2 is 1.22 bits per heavy atom. The van der Waals surface area contributed by atoms with Crippen molar-refractivity contribution in [2.75, 3.05) is 0 Å². The van der Waals surface area contributed by atoms with Gasteiger partial charge in [0.15, 0.2) is 0 Å². The minimum absolute atomic E-state index is 0.598. The van der Waals surface area contributed by atoms with Crippen LogP contribution in [0.2, 0.25) is 0 Å². The van der Waals surface area contributed by atoms with E-state index in [2.05, 4.69) is 12.1 Å². The SMILES string of the molecule is O[Si](O)(c1ccccc1)c1cccc2c1ccc1ccccc12. The van der Waals surface area contributed by atoms with Gasteiger partial charge in [0.25, 0.3) is 0 Å². The largest absolute Gasteiger partial charge is 0.404 e. The van der Waals surface area contributed by atoms with Crippen molar-refractivity contribution in [3.05, 3.63) is 84.9 Å². The molecule has 0 aromatic heterocycles. The summed E-state index contributed by atoms with van der Waals surface area (Å²) in [6.45, 7) is 0. The van der Waals surface area contributed by atoms with Crippen LogP contribution >= 0.6 is 0 Å². The lowest BCUT2D eigenvalue weighted by Crippen LogP contribution is -2.59. The topological polar surface area (TPSA) is 40.5 Å². The van der Waals surface area contributed by atoms with Gasteiger partial charge in [0, 0.05) is 5.19 Å². The third-order valence-electron chi connectivity index (χ3n) is 4.34. The summed E-state index contributed by atoms with van der Waals surface area (Å²) < 4.78 is 0. The lowest BCUT2D eigenvalue weighted by molar-refractivity contribution is 0.402. The Labute approximate surface area is 135 Å². The lowest BCUT2D eigenvalue weighted by Gasteiger charge is -2.21. The van der Waals surface area contributed by atoms with E-state index in [9.17, 15) is 9.59 Å². The summed E-state index contributed by atoms with van der Waals surface area (Å²) >= 11 is 0. The van der Waals surface area contributed by atoms with Crippen LogP contribution in [0.15, 0.2) is 84.9 Å². The predicted molar refractivity (Wildman–Crippen MR) is 97.4 cm³/mol. The Bertz CT molecular complexity index is 994. The van der Waals surface area contributed by atoms with E-state index in [1.54, 1.807) is 12.1 Å². The monoisotopic (exact) mass is 316 g/mol. The highest BCUT2D eigenvalue weighted by Gasteiger charge is 2.36. The van der Waals surface area contributed by atoms with Crippen LogP contribution in [-0.2, 0) is 0 Å². The highest BCUT2D eigenvalue weighted by molar-refractivity contribution is 6.92. The zero-order valence-electron chi connectivity index (χ0n) is 12.5. The van der Waals surface area contributed by atoms with Crippen LogP contribution in [0.3, 0.4) is 0 Å². The molecule has 4 aromatic carbocycles. The number of hydrogen-bond donors (Lipinski definition) is 2. The molecule has 2 N–H and O–H groups in total. The van der Waals surface area contributed by atoms with Crippen LogP contribution in [0.5, 0.6) is 0 Å². The molecule has 0 aliphatic rings. The molecule has 112 valence electrons. The molecule has 2 nitrogen and oxygen atoms in total. The molecule has 0 saturated heterocycles. The van der Waals surface area contributed by atoms with Crippen molar-refractivity contribution >= 4 is 40.5 Å². The first-order chi connectivity index (χ1) is 11.2. The molecular weight excluding hydrogens is 300 g/mol. The first-order valence-corrected chi connectivity index (χ1v) is 9.48. The van der Waals surface area contributed by atoms with Crippen LogP contribution < -0.4 is 10.4 Å². The lowest BCUT2D eigenvalue weighted by atomic mass is 10.0. The van der Waals surface area contributed by atoms with Gasteiger partial charge in [-0.2, -0.15) is 0 Å². The minimum atomic E-state index is -3.71. The maximum absolute atomic E-state index is 10.9. The van der Waals surface area contributed by atoms with Crippen LogP contribution in [0.25, 0.3) is 21.5 Å². The van der Waals surface area contributed by atoms with Crippen molar-refractivity contribution in [2.45, 2.75) is 0 Å². The van der Waals surface area contributed by atoms with Crippen LogP contribution in [-0.4, -0.2) is 18.2 Å². The molecule has 0 bridgehead atoms. The van der Waals surface area contributed by atoms with Crippen molar-refractivity contribution in [3.63, 3.8) is 0 Å². The van der Waals surface area contributed by atoms with E-state index in [1.807, 2.05) is 60.7 Å². The Balaban J connectivity index is 2.03. The van der Waals surface area contributed by atoms with E-state index >= 15 is 0 Å². The second-order valence-electron chi connectivity index (χ2n) is 5.73. The molecule has 3 heteroatoms. The molecule has 0 amide bonds. The van der Waals surface area contributed by atoms with E-state index in [0.717, 1.165) is 21.5 Å². The van der Waals surface area contributed by atoms with Crippen molar-refractivity contribution < 1.29 is 9.59 Å². The second kappa shape index (κ2) is 5.32. The Morgan fingerprint density at radius 1 is 0.522 bits per heavy atom. The molecule has 4 rings (SSSR count). The summed E-state index contributed by atoms with van der Waals surface area (Å²) in [5.41, 5.74) is 0. The zero-order chi connectivity index (χ0) is 15.9. The number of fused-ring (bicyclic) bond motifs is 3. The summed E-state index contributed by atoms with van der Waals surface area (Å²) in [6, 6.07) is 27.1. The van der Waals surface area contributed by atoms with E-state index in [4.69, 9.17) is 0 Å². The smallest absolute Gasteiger partial charge is 0.402 e. The fraction of sp³-hybridized carbons (Fsp3) is 0. The summed E-state index contributed by atoms with van der Waals surface area (Å²) in [4.78, 5) is 21.8. The first-order valence-electron chi connectivity index (χ1n) is 7.59. The second-order valence-corrected chi connectivity index (χ2v) is 8.19. The van der Waals surface area contributed by atoms with Gasteiger partial charge in [0.1, 0.15) is 0 Å². The number of benzene rings is 4. The molecule has 0 atom stereocenters. The van der Waals surface area contributed by atoms with Gasteiger partial charge in [-0.05, 0) is 26.7 Å². The van der Waals surface area contributed by atoms with E-state index in [0.29, 0.717) is 10.4 Å². The molecule has 0 spiro atoms. The fourth-order valence-electron chi connectivity index (χ4n) is 3.17. The van der Waals surface area contributed by atoms with Crippen LogP contribution in [0.1, 0.15) is 0 Å². The summed E-state index contributed by atoms with van der Waals surface area (Å²) in [5.74, 6) is 0. The van der Waals surface area contributed by atoms with Gasteiger partial charge >= 0.3 is 8.56 Å². The van der Waals surface area contributed by atoms with Gasteiger partial charge in [0.2, 0.25) is 0 Å². The average Bonchev–Trinajstić information content (AvgIpc) is 2.61. The van der Waals surface area contributed by atoms with Crippen molar-refractivity contribution in [1.29, 1.82) is 0 Å². The van der Waals surface area contributed by atoms with Gasteiger partial charge in [-0.15, -0.1) is 0 Å². The Hall–Kier alpha value is -2.46. The minimum Gasteiger partial charge on any atom is -0.404 e. The molecule has 0 aliphatic heterocycles. The van der Waals surface area contributed by atoms with Gasteiger partial charge in [-0.25, -0.2) is 0 Å². The Kier molecular flexibility index (Phi) is 3.27. The first kappa shape index (κ1) is 14.1. The third kappa shape index (κ3) is 2.26. The standard InChI is InChI=1S/C20H16O2Si/c21-23(22,16-8-2-1-3-9-16)20-12-6-11-18-17-10-5-4-7-15(17)13-14-19(18)20/h1-14,21-22H. The highest BCUT2D eigenvalue weighted by Crippen LogP contribution is 2.24. The molecule has 0 radical (unpaired) electrons. The van der Waals surface area contributed by atoms with Crippen LogP contribution in [0.4, 0.5) is 0 Å². The maximum atomic E-state index is 10.9. The van der Waals surface area contributed by atoms with Crippen molar-refractivity contribution in [3.8, 4) is 0 Å². The van der Waals surface area contributed by atoms with Gasteiger partial charge in [-0.1, -0.05) is 84.9 Å². The molecule has 0 saturated carbocycles.